The third kappa shape index (κ3) is 9.57. The minimum Gasteiger partial charge on any atom is -0.462 e. The van der Waals surface area contributed by atoms with Crippen LogP contribution in [0.3, 0.4) is 0 Å². The van der Waals surface area contributed by atoms with Crippen LogP contribution in [-0.2, 0) is 28.4 Å². The van der Waals surface area contributed by atoms with E-state index in [1.165, 1.54) is 0 Å². The Kier molecular flexibility index (Phi) is 10.9. The molecular weight excluding hydrogens is 319 g/mol. The van der Waals surface area contributed by atoms with Crippen LogP contribution in [0.4, 0.5) is 0 Å². The predicted octanol–water partition coefficient (Wildman–Crippen LogP) is 3.15. The number of ether oxygens (including phenoxy) is 3. The smallest absolute Gasteiger partial charge is 0.333 e. The van der Waals surface area contributed by atoms with Crippen molar-refractivity contribution in [3.8, 4) is 0 Å². The lowest BCUT2D eigenvalue weighted by Gasteiger charge is -2.26. The van der Waals surface area contributed by atoms with Crippen molar-refractivity contribution in [1.29, 1.82) is 0 Å². The third-order valence-corrected chi connectivity index (χ3v) is 5.53. The van der Waals surface area contributed by atoms with E-state index in [9.17, 15) is 14.2 Å². The summed E-state index contributed by atoms with van der Waals surface area (Å²) in [6.07, 6.45) is 2.31. The minimum absolute atomic E-state index is 0.0280. The zero-order chi connectivity index (χ0) is 17.9. The van der Waals surface area contributed by atoms with Crippen molar-refractivity contribution in [3.63, 3.8) is 0 Å². The van der Waals surface area contributed by atoms with Crippen LogP contribution in [0.1, 0.15) is 46.5 Å². The summed E-state index contributed by atoms with van der Waals surface area (Å²) in [4.78, 5) is 22.6. The molecule has 0 N–H and O–H groups in total. The molecule has 0 spiro atoms. The zero-order valence-corrected chi connectivity index (χ0v) is 15.6. The molecule has 134 valence electrons. The number of esters is 2. The first kappa shape index (κ1) is 21.9. The maximum Gasteiger partial charge on any atom is 0.333 e. The summed E-state index contributed by atoms with van der Waals surface area (Å²) in [5.41, 5.74) is 0.310. The maximum atomic E-state index is 11.7. The highest BCUT2D eigenvalue weighted by Gasteiger charge is 2.26. The van der Waals surface area contributed by atoms with E-state index in [1.54, 1.807) is 13.6 Å². The average Bonchev–Trinajstić information content (AvgIpc) is 2.50. The Hall–Kier alpha value is -1.13. The molecule has 0 bridgehead atoms. The van der Waals surface area contributed by atoms with Crippen molar-refractivity contribution in [2.45, 2.75) is 51.8 Å². The Morgan fingerprint density at radius 2 is 1.74 bits per heavy atom. The molecule has 0 aromatic heterocycles. The summed E-state index contributed by atoms with van der Waals surface area (Å²) in [6, 6.07) is 0. The van der Waals surface area contributed by atoms with Crippen molar-refractivity contribution in [2.75, 3.05) is 26.5 Å². The molecule has 2 atom stereocenters. The monoisotopic (exact) mass is 348 g/mol. The predicted molar refractivity (Wildman–Crippen MR) is 90.2 cm³/mol. The summed E-state index contributed by atoms with van der Waals surface area (Å²) in [6.45, 7) is 11.0. The Labute approximate surface area is 139 Å². The molecule has 6 nitrogen and oxygen atoms in total. The second kappa shape index (κ2) is 11.4. The van der Waals surface area contributed by atoms with E-state index in [0.29, 0.717) is 31.4 Å². The van der Waals surface area contributed by atoms with E-state index in [2.05, 4.69) is 6.58 Å². The molecular formula is C16H29O6P. The summed E-state index contributed by atoms with van der Waals surface area (Å²) in [7, 11) is -1.76. The van der Waals surface area contributed by atoms with E-state index in [4.69, 9.17) is 14.2 Å². The van der Waals surface area contributed by atoms with Crippen molar-refractivity contribution in [2.24, 2.45) is 0 Å². The fraction of sp³-hybridized carbons (Fsp3) is 0.750. The molecule has 0 aliphatic carbocycles. The van der Waals surface area contributed by atoms with Gasteiger partial charge in [-0.3, -0.25) is 4.79 Å². The van der Waals surface area contributed by atoms with Crippen LogP contribution in [-0.4, -0.2) is 43.8 Å². The Bertz CT molecular complexity index is 434. The minimum atomic E-state index is -1.76. The first-order valence-electron chi connectivity index (χ1n) is 7.86. The molecule has 0 aromatic rings. The Balaban J connectivity index is 3.70. The number of unbranched alkanes of at least 4 members (excludes halogenated alkanes) is 1. The standard InChI is InChI=1S/C16H29O6P/c1-6-16(4,23(5)19)22-10-8-7-9-14(17)20-11-12-21-15(18)13(2)3/h23H,2,6-12H2,1,3-5H3. The molecule has 0 aliphatic heterocycles. The molecule has 0 saturated heterocycles. The molecule has 0 aliphatic rings. The van der Waals surface area contributed by atoms with Crippen molar-refractivity contribution >= 4 is 19.7 Å². The lowest BCUT2D eigenvalue weighted by Crippen LogP contribution is -2.23. The summed E-state index contributed by atoms with van der Waals surface area (Å²) in [5.74, 6) is -0.828. The fourth-order valence-electron chi connectivity index (χ4n) is 1.61. The summed E-state index contributed by atoms with van der Waals surface area (Å²) < 4.78 is 27.1. The largest absolute Gasteiger partial charge is 0.462 e. The normalized spacial score (nSPS) is 14.6. The van der Waals surface area contributed by atoms with Crippen LogP contribution in [0.2, 0.25) is 0 Å². The number of carbonyl (C=O) groups is 2. The fourth-order valence-corrected chi connectivity index (χ4v) is 2.41. The quantitative estimate of drug-likeness (QED) is 0.233. The van der Waals surface area contributed by atoms with Gasteiger partial charge in [-0.2, -0.15) is 0 Å². The van der Waals surface area contributed by atoms with E-state index in [-0.39, 0.29) is 25.6 Å². The number of hydrogen-bond donors (Lipinski definition) is 0. The van der Waals surface area contributed by atoms with Gasteiger partial charge in [0.05, 0.1) is 0 Å². The van der Waals surface area contributed by atoms with Crippen LogP contribution < -0.4 is 0 Å². The molecule has 0 amide bonds. The van der Waals surface area contributed by atoms with Crippen LogP contribution in [0, 0.1) is 0 Å². The summed E-state index contributed by atoms with van der Waals surface area (Å²) >= 11 is 0. The van der Waals surface area contributed by atoms with E-state index >= 15 is 0 Å². The SMILES string of the molecule is C=C(C)C(=O)OCCOC(=O)CCCCOC(C)(CC)[PH](C)=O. The molecule has 2 unspecified atom stereocenters. The van der Waals surface area contributed by atoms with Gasteiger partial charge in [0.25, 0.3) is 0 Å². The maximum absolute atomic E-state index is 11.7. The lowest BCUT2D eigenvalue weighted by molar-refractivity contribution is -0.150. The van der Waals surface area contributed by atoms with Gasteiger partial charge < -0.3 is 18.8 Å². The molecule has 7 heteroatoms. The van der Waals surface area contributed by atoms with E-state index in [0.717, 1.165) is 0 Å². The van der Waals surface area contributed by atoms with Crippen LogP contribution in [0.25, 0.3) is 0 Å². The van der Waals surface area contributed by atoms with Crippen molar-refractivity contribution in [3.05, 3.63) is 12.2 Å². The van der Waals surface area contributed by atoms with Gasteiger partial charge >= 0.3 is 11.9 Å². The zero-order valence-electron chi connectivity index (χ0n) is 14.6. The highest BCUT2D eigenvalue weighted by Crippen LogP contribution is 2.39. The molecule has 0 heterocycles. The molecule has 23 heavy (non-hydrogen) atoms. The van der Waals surface area contributed by atoms with Gasteiger partial charge in [0.1, 0.15) is 26.4 Å². The van der Waals surface area contributed by atoms with E-state index < -0.39 is 19.1 Å². The number of carbonyl (C=O) groups excluding carboxylic acids is 2. The van der Waals surface area contributed by atoms with Crippen molar-refractivity contribution < 1.29 is 28.4 Å². The topological polar surface area (TPSA) is 78.9 Å². The molecule has 0 radical (unpaired) electrons. The van der Waals surface area contributed by atoms with Gasteiger partial charge in [0.2, 0.25) is 0 Å². The first-order valence-corrected chi connectivity index (χ1v) is 9.77. The van der Waals surface area contributed by atoms with Gasteiger partial charge in [0, 0.05) is 18.6 Å². The molecule has 0 fully saturated rings. The van der Waals surface area contributed by atoms with Gasteiger partial charge in [0.15, 0.2) is 0 Å². The van der Waals surface area contributed by atoms with Crippen LogP contribution in [0.5, 0.6) is 0 Å². The highest BCUT2D eigenvalue weighted by atomic mass is 31.1. The van der Waals surface area contributed by atoms with Crippen molar-refractivity contribution in [1.82, 2.24) is 0 Å². The Morgan fingerprint density at radius 3 is 2.26 bits per heavy atom. The second-order valence-corrected chi connectivity index (χ2v) is 7.75. The molecule has 0 rings (SSSR count). The number of hydrogen-bond acceptors (Lipinski definition) is 6. The van der Waals surface area contributed by atoms with Crippen LogP contribution >= 0.6 is 7.80 Å². The molecule has 0 saturated carbocycles. The third-order valence-electron chi connectivity index (χ3n) is 3.54. The highest BCUT2D eigenvalue weighted by molar-refractivity contribution is 7.45. The number of rotatable bonds is 12. The lowest BCUT2D eigenvalue weighted by atomic mass is 10.2. The second-order valence-electron chi connectivity index (χ2n) is 5.58. The van der Waals surface area contributed by atoms with Gasteiger partial charge in [-0.15, -0.1) is 0 Å². The first-order chi connectivity index (χ1) is 10.7. The van der Waals surface area contributed by atoms with Gasteiger partial charge in [-0.25, -0.2) is 4.79 Å². The van der Waals surface area contributed by atoms with E-state index in [1.807, 2.05) is 13.8 Å². The van der Waals surface area contributed by atoms with Gasteiger partial charge in [-0.1, -0.05) is 13.5 Å². The Morgan fingerprint density at radius 1 is 1.13 bits per heavy atom. The molecule has 0 aromatic carbocycles. The average molecular weight is 348 g/mol. The van der Waals surface area contributed by atoms with Crippen LogP contribution in [0.15, 0.2) is 12.2 Å². The summed E-state index contributed by atoms with van der Waals surface area (Å²) in [5, 5.41) is -0.557. The van der Waals surface area contributed by atoms with Gasteiger partial charge in [-0.05, 0) is 39.8 Å².